The minimum Gasteiger partial charge on any atom is -0.493 e. The lowest BCUT2D eigenvalue weighted by atomic mass is 9.84. The number of carbonyl (C=O) groups excluding carboxylic acids is 1. The lowest BCUT2D eigenvalue weighted by Crippen LogP contribution is -2.40. The van der Waals surface area contributed by atoms with Gasteiger partial charge in [-0.2, -0.15) is 0 Å². The highest BCUT2D eigenvalue weighted by Gasteiger charge is 2.41. The molecule has 0 saturated heterocycles. The monoisotopic (exact) mass is 287 g/mol. The number of para-hydroxylation sites is 1. The molecule has 1 N–H and O–H groups in total. The van der Waals surface area contributed by atoms with Crippen LogP contribution in [0, 0.1) is 17.8 Å². The quantitative estimate of drug-likeness (QED) is 0.871. The van der Waals surface area contributed by atoms with E-state index >= 15 is 0 Å². The number of hydrogen-bond donors (Lipinski definition) is 1. The first kappa shape index (κ1) is 14.4. The van der Waals surface area contributed by atoms with E-state index in [1.54, 1.807) is 0 Å². The Labute approximate surface area is 127 Å². The lowest BCUT2D eigenvalue weighted by molar-refractivity contribution is -0.122. The molecule has 2 bridgehead atoms. The van der Waals surface area contributed by atoms with Gasteiger partial charge < -0.3 is 10.1 Å². The zero-order valence-electron chi connectivity index (χ0n) is 12.8. The fourth-order valence-corrected chi connectivity index (χ4v) is 4.12. The second-order valence-electron chi connectivity index (χ2n) is 6.61. The van der Waals surface area contributed by atoms with Crippen LogP contribution in [0.5, 0.6) is 5.75 Å². The molecule has 3 rings (SSSR count). The van der Waals surface area contributed by atoms with E-state index in [4.69, 9.17) is 4.74 Å². The molecule has 0 radical (unpaired) electrons. The van der Waals surface area contributed by atoms with E-state index in [-0.39, 0.29) is 5.91 Å². The number of hydrogen-bond acceptors (Lipinski definition) is 2. The Kier molecular flexibility index (Phi) is 4.47. The molecule has 114 valence electrons. The van der Waals surface area contributed by atoms with Crippen molar-refractivity contribution in [2.45, 2.75) is 45.1 Å². The summed E-state index contributed by atoms with van der Waals surface area (Å²) in [5.74, 6) is 3.42. The Balaban J connectivity index is 1.38. The third-order valence-electron chi connectivity index (χ3n) is 5.16. The van der Waals surface area contributed by atoms with E-state index < -0.39 is 0 Å². The summed E-state index contributed by atoms with van der Waals surface area (Å²) in [6.45, 7) is 2.61. The van der Waals surface area contributed by atoms with Gasteiger partial charge in [-0.1, -0.05) is 24.6 Å². The van der Waals surface area contributed by atoms with Crippen LogP contribution in [0.2, 0.25) is 0 Å². The molecule has 0 unspecified atom stereocenters. The molecule has 2 fully saturated rings. The van der Waals surface area contributed by atoms with Crippen molar-refractivity contribution in [2.75, 3.05) is 6.61 Å². The second kappa shape index (κ2) is 6.50. The molecular weight excluding hydrogens is 262 g/mol. The Bertz CT molecular complexity index is 473. The average Bonchev–Trinajstić information content (AvgIpc) is 3.11. The van der Waals surface area contributed by atoms with Crippen LogP contribution in [0.4, 0.5) is 0 Å². The first-order chi connectivity index (χ1) is 10.2. The molecule has 2 aliphatic rings. The van der Waals surface area contributed by atoms with E-state index in [0.717, 1.165) is 17.6 Å². The third kappa shape index (κ3) is 3.58. The van der Waals surface area contributed by atoms with Crippen LogP contribution in [-0.4, -0.2) is 18.6 Å². The minimum absolute atomic E-state index is 0.112. The smallest absolute Gasteiger partial charge is 0.223 e. The first-order valence-electron chi connectivity index (χ1n) is 8.19. The van der Waals surface area contributed by atoms with Crippen LogP contribution in [0.25, 0.3) is 0 Å². The summed E-state index contributed by atoms with van der Waals surface area (Å²) in [4.78, 5) is 12.0. The number of fused-ring (bicyclic) bond motifs is 2. The molecule has 21 heavy (non-hydrogen) atoms. The van der Waals surface area contributed by atoms with Gasteiger partial charge in [0.05, 0.1) is 13.0 Å². The van der Waals surface area contributed by atoms with Gasteiger partial charge in [0.2, 0.25) is 5.91 Å². The van der Waals surface area contributed by atoms with E-state index in [1.165, 1.54) is 25.7 Å². The van der Waals surface area contributed by atoms with Gasteiger partial charge in [-0.05, 0) is 56.1 Å². The number of amides is 1. The van der Waals surface area contributed by atoms with E-state index in [1.807, 2.05) is 30.3 Å². The Morgan fingerprint density at radius 2 is 2.10 bits per heavy atom. The maximum atomic E-state index is 12.0. The Hall–Kier alpha value is -1.51. The molecule has 1 aromatic rings. The van der Waals surface area contributed by atoms with Gasteiger partial charge in [0.15, 0.2) is 0 Å². The van der Waals surface area contributed by atoms with Crippen molar-refractivity contribution in [3.8, 4) is 5.75 Å². The SMILES string of the molecule is C[C@@H](NC(=O)CCOc1ccccc1)[C@@H]1C[C@@H]2CC[C@@H]1C2. The van der Waals surface area contributed by atoms with Gasteiger partial charge in [-0.15, -0.1) is 0 Å². The summed E-state index contributed by atoms with van der Waals surface area (Å²) < 4.78 is 5.57. The normalized spacial score (nSPS) is 28.3. The van der Waals surface area contributed by atoms with Crippen molar-refractivity contribution in [3.05, 3.63) is 30.3 Å². The third-order valence-corrected chi connectivity index (χ3v) is 5.16. The summed E-state index contributed by atoms with van der Waals surface area (Å²) in [5.41, 5.74) is 0. The topological polar surface area (TPSA) is 38.3 Å². The summed E-state index contributed by atoms with van der Waals surface area (Å²) in [5, 5.41) is 3.17. The molecule has 0 aromatic heterocycles. The van der Waals surface area contributed by atoms with Crippen LogP contribution >= 0.6 is 0 Å². The van der Waals surface area contributed by atoms with Gasteiger partial charge >= 0.3 is 0 Å². The molecular formula is C18H25NO2. The summed E-state index contributed by atoms with van der Waals surface area (Å²) in [7, 11) is 0. The number of ether oxygens (including phenoxy) is 1. The fourth-order valence-electron chi connectivity index (χ4n) is 4.12. The maximum absolute atomic E-state index is 12.0. The van der Waals surface area contributed by atoms with Crippen molar-refractivity contribution in [3.63, 3.8) is 0 Å². The van der Waals surface area contributed by atoms with Crippen molar-refractivity contribution in [2.24, 2.45) is 17.8 Å². The molecule has 4 atom stereocenters. The Morgan fingerprint density at radius 1 is 1.29 bits per heavy atom. The maximum Gasteiger partial charge on any atom is 0.223 e. The molecule has 0 spiro atoms. The van der Waals surface area contributed by atoms with Crippen molar-refractivity contribution >= 4 is 5.91 Å². The predicted molar refractivity (Wildman–Crippen MR) is 83.1 cm³/mol. The predicted octanol–water partition coefficient (Wildman–Crippen LogP) is 3.40. The van der Waals surface area contributed by atoms with Crippen LogP contribution in [0.3, 0.4) is 0 Å². The molecule has 2 aliphatic carbocycles. The van der Waals surface area contributed by atoms with E-state index in [2.05, 4.69) is 12.2 Å². The molecule has 3 nitrogen and oxygen atoms in total. The molecule has 0 heterocycles. The second-order valence-corrected chi connectivity index (χ2v) is 6.61. The van der Waals surface area contributed by atoms with E-state index in [9.17, 15) is 4.79 Å². The van der Waals surface area contributed by atoms with Gasteiger partial charge in [-0.3, -0.25) is 4.79 Å². The van der Waals surface area contributed by atoms with Gasteiger partial charge in [0.1, 0.15) is 5.75 Å². The van der Waals surface area contributed by atoms with Gasteiger partial charge in [0, 0.05) is 6.04 Å². The molecule has 1 aromatic carbocycles. The number of carbonyl (C=O) groups is 1. The fraction of sp³-hybridized carbons (Fsp3) is 0.611. The standard InChI is InChI=1S/C18H25NO2/c1-13(17-12-14-7-8-15(17)11-14)19-18(20)9-10-21-16-5-3-2-4-6-16/h2-6,13-15,17H,7-12H2,1H3,(H,19,20)/t13-,14-,15-,17+/m1/s1. The van der Waals surface area contributed by atoms with Gasteiger partial charge in [0.25, 0.3) is 0 Å². The van der Waals surface area contributed by atoms with Crippen LogP contribution in [0.1, 0.15) is 39.0 Å². The number of benzene rings is 1. The average molecular weight is 287 g/mol. The van der Waals surface area contributed by atoms with Gasteiger partial charge in [-0.25, -0.2) is 0 Å². The highest BCUT2D eigenvalue weighted by Crippen LogP contribution is 2.49. The zero-order valence-corrected chi connectivity index (χ0v) is 12.8. The molecule has 2 saturated carbocycles. The molecule has 0 aliphatic heterocycles. The highest BCUT2D eigenvalue weighted by molar-refractivity contribution is 5.76. The van der Waals surface area contributed by atoms with Crippen LogP contribution < -0.4 is 10.1 Å². The number of nitrogens with one attached hydrogen (secondary N) is 1. The zero-order chi connectivity index (χ0) is 14.7. The van der Waals surface area contributed by atoms with Crippen molar-refractivity contribution < 1.29 is 9.53 Å². The Morgan fingerprint density at radius 3 is 2.76 bits per heavy atom. The first-order valence-corrected chi connectivity index (χ1v) is 8.19. The molecule has 1 amide bonds. The van der Waals surface area contributed by atoms with Crippen LogP contribution in [0.15, 0.2) is 30.3 Å². The van der Waals surface area contributed by atoms with Crippen molar-refractivity contribution in [1.82, 2.24) is 5.32 Å². The van der Waals surface area contributed by atoms with Crippen LogP contribution in [-0.2, 0) is 4.79 Å². The van der Waals surface area contributed by atoms with Crippen molar-refractivity contribution in [1.29, 1.82) is 0 Å². The molecule has 3 heteroatoms. The largest absolute Gasteiger partial charge is 0.493 e. The lowest BCUT2D eigenvalue weighted by Gasteiger charge is -2.28. The number of rotatable bonds is 6. The summed E-state index contributed by atoms with van der Waals surface area (Å²) in [6.07, 6.45) is 5.91. The van der Waals surface area contributed by atoms with E-state index in [0.29, 0.717) is 25.0 Å². The summed E-state index contributed by atoms with van der Waals surface area (Å²) in [6, 6.07) is 9.96. The summed E-state index contributed by atoms with van der Waals surface area (Å²) >= 11 is 0. The minimum atomic E-state index is 0.112. The highest BCUT2D eigenvalue weighted by atomic mass is 16.5.